The number of methoxy groups -OCH3 is 1. The number of amides is 1. The quantitative estimate of drug-likeness (QED) is 0.156. The highest BCUT2D eigenvalue weighted by atomic mass is 35.5. The third kappa shape index (κ3) is 5.73. The molecule has 0 fully saturated rings. The van der Waals surface area contributed by atoms with Crippen LogP contribution in [0.5, 0.6) is 11.5 Å². The molecule has 0 radical (unpaired) electrons. The van der Waals surface area contributed by atoms with Crippen LogP contribution >= 0.6 is 23.2 Å². The number of aryl methyl sites for hydroxylation is 1. The third-order valence-electron chi connectivity index (χ3n) is 5.61. The van der Waals surface area contributed by atoms with Crippen LogP contribution in [0.4, 0.5) is 17.1 Å². The highest BCUT2D eigenvalue weighted by molar-refractivity contribution is 7.86. The Labute approximate surface area is 228 Å². The number of nitrogens with one attached hydrogen (secondary N) is 1. The molecule has 0 heterocycles. The molecule has 4 aromatic carbocycles. The van der Waals surface area contributed by atoms with Crippen LogP contribution in [0.25, 0.3) is 10.8 Å². The number of rotatable bonds is 7. The van der Waals surface area contributed by atoms with Crippen molar-refractivity contribution < 1.29 is 27.6 Å². The molecule has 4 rings (SSSR count). The van der Waals surface area contributed by atoms with Gasteiger partial charge in [0.2, 0.25) is 0 Å². The van der Waals surface area contributed by atoms with E-state index < -0.39 is 26.7 Å². The van der Waals surface area contributed by atoms with Gasteiger partial charge in [-0.2, -0.15) is 8.42 Å². The van der Waals surface area contributed by atoms with Gasteiger partial charge in [-0.15, -0.1) is 10.2 Å². The standard InChI is InChI=1S/C26H21Cl2N3O6S/c1-3-14-8-16(27)12-22(25(14)38(34,35)36)30-31-23-20-7-5-4-6-15(20)9-21(24(23)32)26(33)29-18-10-17(28)11-19(13-18)37-2/h4-13,32H,3H2,1-2H3,(H,29,33)(H,34,35,36). The van der Waals surface area contributed by atoms with Crippen LogP contribution in [0.3, 0.4) is 0 Å². The Bertz CT molecular complexity index is 1710. The van der Waals surface area contributed by atoms with Crippen molar-refractivity contribution in [2.24, 2.45) is 10.2 Å². The fraction of sp³-hybridized carbons (Fsp3) is 0.115. The largest absolute Gasteiger partial charge is 0.505 e. The number of anilines is 1. The lowest BCUT2D eigenvalue weighted by Crippen LogP contribution is -2.12. The first kappa shape index (κ1) is 27.3. The number of hydrogen-bond acceptors (Lipinski definition) is 7. The molecule has 0 atom stereocenters. The molecule has 0 aliphatic carbocycles. The second kappa shape index (κ2) is 11.0. The molecule has 1 amide bonds. The van der Waals surface area contributed by atoms with Gasteiger partial charge in [0.25, 0.3) is 16.0 Å². The number of phenolic OH excluding ortho intramolecular Hbond substituents is 1. The van der Waals surface area contributed by atoms with Gasteiger partial charge in [0, 0.05) is 27.2 Å². The fourth-order valence-electron chi connectivity index (χ4n) is 3.92. The Morgan fingerprint density at radius 1 is 1.03 bits per heavy atom. The van der Waals surface area contributed by atoms with Gasteiger partial charge in [-0.25, -0.2) is 0 Å². The number of phenols is 1. The number of aromatic hydroxyl groups is 1. The van der Waals surface area contributed by atoms with E-state index >= 15 is 0 Å². The summed E-state index contributed by atoms with van der Waals surface area (Å²) in [5.41, 5.74) is 0.149. The van der Waals surface area contributed by atoms with E-state index in [0.29, 0.717) is 27.2 Å². The Morgan fingerprint density at radius 3 is 2.42 bits per heavy atom. The van der Waals surface area contributed by atoms with E-state index in [1.165, 1.54) is 31.4 Å². The summed E-state index contributed by atoms with van der Waals surface area (Å²) in [5.74, 6) is -0.735. The van der Waals surface area contributed by atoms with Gasteiger partial charge in [0.1, 0.15) is 22.0 Å². The van der Waals surface area contributed by atoms with Gasteiger partial charge in [-0.3, -0.25) is 9.35 Å². The Balaban J connectivity index is 1.85. The molecule has 0 saturated heterocycles. The number of fused-ring (bicyclic) bond motifs is 1. The summed E-state index contributed by atoms with van der Waals surface area (Å²) in [7, 11) is -3.22. The zero-order chi connectivity index (χ0) is 27.6. The smallest absolute Gasteiger partial charge is 0.297 e. The summed E-state index contributed by atoms with van der Waals surface area (Å²) in [6, 6.07) is 15.6. The van der Waals surface area contributed by atoms with Gasteiger partial charge in [0.05, 0.1) is 12.7 Å². The molecular formula is C26H21Cl2N3O6S. The van der Waals surface area contributed by atoms with Crippen LogP contribution in [0.2, 0.25) is 10.0 Å². The van der Waals surface area contributed by atoms with Crippen LogP contribution in [0, 0.1) is 0 Å². The van der Waals surface area contributed by atoms with E-state index in [2.05, 4.69) is 15.5 Å². The molecule has 0 saturated carbocycles. The van der Waals surface area contributed by atoms with Crippen LogP contribution < -0.4 is 10.1 Å². The molecular weight excluding hydrogens is 553 g/mol. The summed E-state index contributed by atoms with van der Waals surface area (Å²) in [4.78, 5) is 12.7. The zero-order valence-electron chi connectivity index (χ0n) is 20.1. The minimum absolute atomic E-state index is 0.0868. The van der Waals surface area contributed by atoms with Crippen molar-refractivity contribution in [2.45, 2.75) is 18.2 Å². The van der Waals surface area contributed by atoms with E-state index in [0.717, 1.165) is 0 Å². The minimum Gasteiger partial charge on any atom is -0.505 e. The second-order valence-corrected chi connectivity index (χ2v) is 10.3. The van der Waals surface area contributed by atoms with Gasteiger partial charge < -0.3 is 15.2 Å². The summed E-state index contributed by atoms with van der Waals surface area (Å²) >= 11 is 12.2. The number of carbonyl (C=O) groups excluding carboxylic acids is 1. The topological polar surface area (TPSA) is 138 Å². The first-order chi connectivity index (χ1) is 18.0. The average Bonchev–Trinajstić information content (AvgIpc) is 2.86. The Morgan fingerprint density at radius 2 is 1.74 bits per heavy atom. The molecule has 12 heteroatoms. The average molecular weight is 574 g/mol. The van der Waals surface area contributed by atoms with E-state index in [-0.39, 0.29) is 33.9 Å². The molecule has 3 N–H and O–H groups in total. The maximum atomic E-state index is 13.2. The Hall–Kier alpha value is -3.70. The van der Waals surface area contributed by atoms with E-state index in [9.17, 15) is 22.9 Å². The van der Waals surface area contributed by atoms with Crippen molar-refractivity contribution in [1.29, 1.82) is 0 Å². The van der Waals surface area contributed by atoms with Crippen molar-refractivity contribution in [3.8, 4) is 11.5 Å². The molecule has 0 spiro atoms. The van der Waals surface area contributed by atoms with Gasteiger partial charge in [-0.1, -0.05) is 54.4 Å². The number of hydrogen-bond donors (Lipinski definition) is 3. The minimum atomic E-state index is -4.68. The summed E-state index contributed by atoms with van der Waals surface area (Å²) in [5, 5.41) is 23.4. The number of halogens is 2. The normalized spacial score (nSPS) is 11.7. The number of benzene rings is 4. The van der Waals surface area contributed by atoms with Gasteiger partial charge >= 0.3 is 0 Å². The lowest BCUT2D eigenvalue weighted by atomic mass is 10.0. The molecule has 0 bridgehead atoms. The van der Waals surface area contributed by atoms with Gasteiger partial charge in [-0.05, 0) is 47.7 Å². The molecule has 9 nitrogen and oxygen atoms in total. The van der Waals surface area contributed by atoms with Crippen LogP contribution in [-0.2, 0) is 16.5 Å². The van der Waals surface area contributed by atoms with Crippen molar-refractivity contribution >= 4 is 67.1 Å². The lowest BCUT2D eigenvalue weighted by Gasteiger charge is -2.12. The highest BCUT2D eigenvalue weighted by Crippen LogP contribution is 2.41. The number of azo groups is 1. The molecule has 196 valence electrons. The van der Waals surface area contributed by atoms with Crippen LogP contribution in [0.15, 0.2) is 75.8 Å². The predicted octanol–water partition coefficient (Wildman–Crippen LogP) is 7.34. The first-order valence-electron chi connectivity index (χ1n) is 11.1. The van der Waals surface area contributed by atoms with Crippen molar-refractivity contribution in [1.82, 2.24) is 0 Å². The molecule has 0 aliphatic rings. The van der Waals surface area contributed by atoms with Crippen LogP contribution in [-0.4, -0.2) is 31.1 Å². The fourth-order valence-corrected chi connectivity index (χ4v) is 5.27. The summed E-state index contributed by atoms with van der Waals surface area (Å²) < 4.78 is 39.2. The SMILES string of the molecule is CCc1cc(Cl)cc(N=Nc2c(O)c(C(=O)Nc3cc(Cl)cc(OC)c3)cc3ccccc23)c1S(=O)(=O)O. The monoisotopic (exact) mass is 573 g/mol. The molecule has 0 aliphatic heterocycles. The molecule has 0 aromatic heterocycles. The molecule has 0 unspecified atom stereocenters. The summed E-state index contributed by atoms with van der Waals surface area (Å²) in [6.07, 6.45) is 0.246. The van der Waals surface area contributed by atoms with E-state index in [1.807, 2.05) is 0 Å². The van der Waals surface area contributed by atoms with Crippen LogP contribution in [0.1, 0.15) is 22.8 Å². The van der Waals surface area contributed by atoms with Crippen molar-refractivity contribution in [3.05, 3.63) is 81.8 Å². The van der Waals surface area contributed by atoms with E-state index in [1.54, 1.807) is 43.3 Å². The number of nitrogens with zero attached hydrogens (tertiary/aromatic N) is 2. The Kier molecular flexibility index (Phi) is 7.89. The highest BCUT2D eigenvalue weighted by Gasteiger charge is 2.22. The van der Waals surface area contributed by atoms with Gasteiger partial charge in [0.15, 0.2) is 5.75 Å². The predicted molar refractivity (Wildman–Crippen MR) is 146 cm³/mol. The van der Waals surface area contributed by atoms with Crippen molar-refractivity contribution in [3.63, 3.8) is 0 Å². The van der Waals surface area contributed by atoms with E-state index in [4.69, 9.17) is 27.9 Å². The van der Waals surface area contributed by atoms with Crippen molar-refractivity contribution in [2.75, 3.05) is 12.4 Å². The zero-order valence-corrected chi connectivity index (χ0v) is 22.4. The maximum Gasteiger partial charge on any atom is 0.297 e. The summed E-state index contributed by atoms with van der Waals surface area (Å²) in [6.45, 7) is 1.69. The first-order valence-corrected chi connectivity index (χ1v) is 13.3. The number of carbonyl (C=O) groups is 1. The second-order valence-electron chi connectivity index (χ2n) is 8.12. The molecule has 38 heavy (non-hydrogen) atoms. The maximum absolute atomic E-state index is 13.2. The molecule has 4 aromatic rings. The number of ether oxygens (including phenoxy) is 1. The third-order valence-corrected chi connectivity index (χ3v) is 7.04. The lowest BCUT2D eigenvalue weighted by molar-refractivity contribution is 0.102.